The second-order valence-electron chi connectivity index (χ2n) is 4.46. The molecule has 1 heterocycles. The van der Waals surface area contributed by atoms with Gasteiger partial charge in [0.2, 0.25) is 5.91 Å². The van der Waals surface area contributed by atoms with Crippen LogP contribution in [-0.2, 0) is 19.1 Å². The van der Waals surface area contributed by atoms with E-state index in [0.29, 0.717) is 19.5 Å². The normalized spacial score (nSPS) is 22.7. The predicted octanol–water partition coefficient (Wildman–Crippen LogP) is -0.413. The highest BCUT2D eigenvalue weighted by atomic mass is 32.2. The highest BCUT2D eigenvalue weighted by Crippen LogP contribution is 2.16. The van der Waals surface area contributed by atoms with Gasteiger partial charge in [0, 0.05) is 19.6 Å². The Morgan fingerprint density at radius 3 is 2.89 bits per heavy atom. The lowest BCUT2D eigenvalue weighted by Crippen LogP contribution is -2.38. The van der Waals surface area contributed by atoms with E-state index in [0.717, 1.165) is 6.54 Å². The second kappa shape index (κ2) is 6.86. The van der Waals surface area contributed by atoms with E-state index in [1.165, 1.54) is 6.08 Å². The first-order valence-corrected chi connectivity index (χ1v) is 7.46. The third-order valence-electron chi connectivity index (χ3n) is 2.81. The Kier molecular flexibility index (Phi) is 5.77. The summed E-state index contributed by atoms with van der Waals surface area (Å²) in [4.78, 5) is 13.0. The van der Waals surface area contributed by atoms with Gasteiger partial charge in [-0.15, -0.1) is 0 Å². The van der Waals surface area contributed by atoms with Crippen molar-refractivity contribution in [3.63, 3.8) is 0 Å². The minimum atomic E-state index is -3.27. The molecule has 0 aromatic heterocycles. The lowest BCUT2D eigenvalue weighted by Gasteiger charge is -2.26. The zero-order chi connectivity index (χ0) is 13.6. The van der Waals surface area contributed by atoms with Crippen molar-refractivity contribution in [2.24, 2.45) is 5.92 Å². The summed E-state index contributed by atoms with van der Waals surface area (Å²) in [6.07, 6.45) is 1.87. The molecule has 1 rings (SSSR count). The van der Waals surface area contributed by atoms with Crippen molar-refractivity contribution in [1.29, 1.82) is 0 Å². The van der Waals surface area contributed by atoms with Crippen LogP contribution in [0.4, 0.5) is 0 Å². The van der Waals surface area contributed by atoms with E-state index in [1.807, 2.05) is 7.05 Å². The van der Waals surface area contributed by atoms with Crippen molar-refractivity contribution in [3.8, 4) is 0 Å². The maximum Gasteiger partial charge on any atom is 0.267 e. The first-order valence-electron chi connectivity index (χ1n) is 5.89. The van der Waals surface area contributed by atoms with Crippen LogP contribution in [0.1, 0.15) is 6.42 Å². The van der Waals surface area contributed by atoms with Crippen LogP contribution >= 0.6 is 0 Å². The van der Waals surface area contributed by atoms with Gasteiger partial charge in [-0.25, -0.2) is 0 Å². The molecule has 104 valence electrons. The summed E-state index contributed by atoms with van der Waals surface area (Å²) in [6.45, 7) is 5.65. The average molecular weight is 276 g/mol. The molecule has 7 heteroatoms. The van der Waals surface area contributed by atoms with Gasteiger partial charge in [0.25, 0.3) is 10.1 Å². The van der Waals surface area contributed by atoms with Gasteiger partial charge < -0.3 is 10.2 Å². The average Bonchev–Trinajstić information content (AvgIpc) is 2.31. The van der Waals surface area contributed by atoms with E-state index in [-0.39, 0.29) is 24.2 Å². The molecule has 1 aliphatic rings. The third kappa shape index (κ3) is 5.61. The zero-order valence-electron chi connectivity index (χ0n) is 10.6. The fourth-order valence-electron chi connectivity index (χ4n) is 1.77. The van der Waals surface area contributed by atoms with Crippen molar-refractivity contribution in [2.45, 2.75) is 6.42 Å². The Hall–Kier alpha value is -0.920. The molecule has 1 unspecified atom stereocenters. The topological polar surface area (TPSA) is 75.7 Å². The Labute approximate surface area is 108 Å². The van der Waals surface area contributed by atoms with E-state index in [2.05, 4.69) is 16.8 Å². The van der Waals surface area contributed by atoms with Crippen LogP contribution in [0.3, 0.4) is 0 Å². The Balaban J connectivity index is 2.19. The SMILES string of the molecule is C=CC(=O)NCCN(C)CC1CCS(=O)(=O)OC1. The largest absolute Gasteiger partial charge is 0.351 e. The lowest BCUT2D eigenvalue weighted by atomic mass is 10.1. The van der Waals surface area contributed by atoms with Gasteiger partial charge in [0.1, 0.15) is 0 Å². The highest BCUT2D eigenvalue weighted by Gasteiger charge is 2.24. The maximum absolute atomic E-state index is 11.1. The van der Waals surface area contributed by atoms with Gasteiger partial charge in [-0.2, -0.15) is 8.42 Å². The van der Waals surface area contributed by atoms with Gasteiger partial charge in [-0.1, -0.05) is 6.58 Å². The summed E-state index contributed by atoms with van der Waals surface area (Å²) in [7, 11) is -1.34. The van der Waals surface area contributed by atoms with Gasteiger partial charge in [-0.3, -0.25) is 8.98 Å². The van der Waals surface area contributed by atoms with Crippen molar-refractivity contribution in [2.75, 3.05) is 39.0 Å². The van der Waals surface area contributed by atoms with E-state index in [4.69, 9.17) is 4.18 Å². The Morgan fingerprint density at radius 2 is 2.33 bits per heavy atom. The van der Waals surface area contributed by atoms with Crippen LogP contribution in [0, 0.1) is 5.92 Å². The molecule has 1 saturated heterocycles. The van der Waals surface area contributed by atoms with Crippen LogP contribution in [0.15, 0.2) is 12.7 Å². The number of carbonyl (C=O) groups excluding carboxylic acids is 1. The molecule has 0 bridgehead atoms. The molecular weight excluding hydrogens is 256 g/mol. The molecule has 1 atom stereocenters. The summed E-state index contributed by atoms with van der Waals surface area (Å²) in [5.41, 5.74) is 0. The molecular formula is C11H20N2O4S. The first-order chi connectivity index (χ1) is 8.43. The molecule has 6 nitrogen and oxygen atoms in total. The maximum atomic E-state index is 11.1. The third-order valence-corrected chi connectivity index (χ3v) is 4.04. The van der Waals surface area contributed by atoms with Gasteiger partial charge in [0.05, 0.1) is 12.4 Å². The Morgan fingerprint density at radius 1 is 1.61 bits per heavy atom. The number of rotatable bonds is 6. The lowest BCUT2D eigenvalue weighted by molar-refractivity contribution is -0.116. The summed E-state index contributed by atoms with van der Waals surface area (Å²) in [5, 5.41) is 2.69. The fourth-order valence-corrected chi connectivity index (χ4v) is 2.91. The minimum absolute atomic E-state index is 0.0959. The van der Waals surface area contributed by atoms with Crippen molar-refractivity contribution < 1.29 is 17.4 Å². The Bertz CT molecular complexity index is 380. The van der Waals surface area contributed by atoms with Crippen molar-refractivity contribution in [3.05, 3.63) is 12.7 Å². The summed E-state index contributed by atoms with van der Waals surface area (Å²) < 4.78 is 26.9. The van der Waals surface area contributed by atoms with Gasteiger partial charge in [0.15, 0.2) is 0 Å². The molecule has 0 aromatic carbocycles. The molecule has 0 spiro atoms. The number of nitrogens with zero attached hydrogens (tertiary/aromatic N) is 1. The number of hydrogen-bond acceptors (Lipinski definition) is 5. The molecule has 1 fully saturated rings. The number of hydrogen-bond donors (Lipinski definition) is 1. The molecule has 0 radical (unpaired) electrons. The first kappa shape index (κ1) is 15.1. The quantitative estimate of drug-likeness (QED) is 0.527. The van der Waals surface area contributed by atoms with Crippen LogP contribution in [0.5, 0.6) is 0 Å². The molecule has 1 N–H and O–H groups in total. The van der Waals surface area contributed by atoms with Crippen molar-refractivity contribution in [1.82, 2.24) is 10.2 Å². The number of amides is 1. The van der Waals surface area contributed by atoms with Crippen LogP contribution in [0.25, 0.3) is 0 Å². The van der Waals surface area contributed by atoms with Gasteiger partial charge in [-0.05, 0) is 25.5 Å². The van der Waals surface area contributed by atoms with Gasteiger partial charge >= 0.3 is 0 Å². The monoisotopic (exact) mass is 276 g/mol. The molecule has 0 saturated carbocycles. The molecule has 1 aliphatic heterocycles. The standard InChI is InChI=1S/C11H20N2O4S/c1-3-11(14)12-5-6-13(2)8-10-4-7-18(15,16)17-9-10/h3,10H,1,4-9H2,2H3,(H,12,14). The van der Waals surface area contributed by atoms with E-state index in [1.54, 1.807) is 0 Å². The highest BCUT2D eigenvalue weighted by molar-refractivity contribution is 7.86. The smallest absolute Gasteiger partial charge is 0.267 e. The van der Waals surface area contributed by atoms with E-state index < -0.39 is 10.1 Å². The van der Waals surface area contributed by atoms with Crippen LogP contribution < -0.4 is 5.32 Å². The molecule has 0 aliphatic carbocycles. The number of likely N-dealkylation sites (N-methyl/N-ethyl adjacent to an activating group) is 1. The molecule has 0 aromatic rings. The molecule has 1 amide bonds. The number of carbonyl (C=O) groups is 1. The summed E-state index contributed by atoms with van der Waals surface area (Å²) in [5.74, 6) is 0.141. The summed E-state index contributed by atoms with van der Waals surface area (Å²) in [6, 6.07) is 0. The summed E-state index contributed by atoms with van der Waals surface area (Å²) >= 11 is 0. The van der Waals surface area contributed by atoms with Crippen molar-refractivity contribution >= 4 is 16.0 Å². The zero-order valence-corrected chi connectivity index (χ0v) is 11.4. The molecule has 18 heavy (non-hydrogen) atoms. The van der Waals surface area contributed by atoms with Crippen LogP contribution in [0.2, 0.25) is 0 Å². The van der Waals surface area contributed by atoms with E-state index in [9.17, 15) is 13.2 Å². The van der Waals surface area contributed by atoms with E-state index >= 15 is 0 Å². The van der Waals surface area contributed by atoms with Crippen LogP contribution in [-0.4, -0.2) is 58.3 Å². The second-order valence-corrected chi connectivity index (χ2v) is 6.22. The number of nitrogens with one attached hydrogen (secondary N) is 1. The minimum Gasteiger partial charge on any atom is -0.351 e. The fraction of sp³-hybridized carbons (Fsp3) is 0.727. The predicted molar refractivity (Wildman–Crippen MR) is 68.5 cm³/mol.